The maximum atomic E-state index is 13.5. The number of anilines is 1. The van der Waals surface area contributed by atoms with Crippen LogP contribution < -0.4 is 5.32 Å². The van der Waals surface area contributed by atoms with E-state index in [1.165, 1.54) is 6.07 Å². The van der Waals surface area contributed by atoms with Crippen LogP contribution in [-0.4, -0.2) is 18.6 Å². The minimum atomic E-state index is -0.464. The maximum absolute atomic E-state index is 13.5. The quantitative estimate of drug-likeness (QED) is 0.920. The number of pyridine rings is 1. The number of nitrogens with one attached hydrogen (secondary N) is 1. The van der Waals surface area contributed by atoms with Crippen LogP contribution in [0.5, 0.6) is 0 Å². The van der Waals surface area contributed by atoms with Crippen LogP contribution in [0.25, 0.3) is 10.9 Å². The summed E-state index contributed by atoms with van der Waals surface area (Å²) in [6.07, 6.45) is 0. The summed E-state index contributed by atoms with van der Waals surface area (Å²) in [5, 5.41) is 4.13. The van der Waals surface area contributed by atoms with E-state index < -0.39 is 5.82 Å². The molecule has 0 saturated carbocycles. The zero-order chi connectivity index (χ0) is 13.1. The van der Waals surface area contributed by atoms with Crippen molar-refractivity contribution in [3.63, 3.8) is 0 Å². The molecule has 0 aliphatic carbocycles. The van der Waals surface area contributed by atoms with Gasteiger partial charge in [-0.05, 0) is 19.1 Å². The van der Waals surface area contributed by atoms with Gasteiger partial charge in [-0.1, -0.05) is 11.6 Å². The SMILES string of the molecule is CCNc1cc(COC)nc2cc(F)c(Cl)cc12. The van der Waals surface area contributed by atoms with Crippen LogP contribution >= 0.6 is 11.6 Å². The van der Waals surface area contributed by atoms with Crippen LogP contribution in [0.15, 0.2) is 18.2 Å². The summed E-state index contributed by atoms with van der Waals surface area (Å²) in [7, 11) is 1.60. The minimum Gasteiger partial charge on any atom is -0.385 e. The van der Waals surface area contributed by atoms with E-state index >= 15 is 0 Å². The van der Waals surface area contributed by atoms with E-state index in [1.54, 1.807) is 13.2 Å². The largest absolute Gasteiger partial charge is 0.385 e. The number of ether oxygens (including phenoxy) is 1. The van der Waals surface area contributed by atoms with Crippen molar-refractivity contribution < 1.29 is 9.13 Å². The zero-order valence-electron chi connectivity index (χ0n) is 10.3. The highest BCUT2D eigenvalue weighted by Gasteiger charge is 2.09. The molecule has 18 heavy (non-hydrogen) atoms. The summed E-state index contributed by atoms with van der Waals surface area (Å²) in [4.78, 5) is 4.35. The van der Waals surface area contributed by atoms with E-state index in [1.807, 2.05) is 13.0 Å². The van der Waals surface area contributed by atoms with Crippen molar-refractivity contribution in [1.29, 1.82) is 0 Å². The average Bonchev–Trinajstić information content (AvgIpc) is 2.32. The standard InChI is InChI=1S/C13H14ClFN2O/c1-3-16-12-4-8(7-18-2)17-13-6-11(15)10(14)5-9(12)13/h4-6H,3,7H2,1-2H3,(H,16,17). The lowest BCUT2D eigenvalue weighted by Gasteiger charge is -2.11. The number of benzene rings is 1. The van der Waals surface area contributed by atoms with Crippen molar-refractivity contribution in [3.8, 4) is 0 Å². The first-order chi connectivity index (χ1) is 8.65. The Morgan fingerprint density at radius 1 is 1.39 bits per heavy atom. The lowest BCUT2D eigenvalue weighted by molar-refractivity contribution is 0.182. The first-order valence-electron chi connectivity index (χ1n) is 5.67. The van der Waals surface area contributed by atoms with E-state index in [9.17, 15) is 4.39 Å². The van der Waals surface area contributed by atoms with Crippen molar-refractivity contribution in [2.75, 3.05) is 19.0 Å². The van der Waals surface area contributed by atoms with Gasteiger partial charge in [0.1, 0.15) is 5.82 Å². The molecular weight excluding hydrogens is 255 g/mol. The Morgan fingerprint density at radius 3 is 2.83 bits per heavy atom. The van der Waals surface area contributed by atoms with Crippen LogP contribution in [0.4, 0.5) is 10.1 Å². The molecule has 0 unspecified atom stereocenters. The number of nitrogens with zero attached hydrogens (tertiary/aromatic N) is 1. The summed E-state index contributed by atoms with van der Waals surface area (Å²) < 4.78 is 18.5. The smallest absolute Gasteiger partial charge is 0.143 e. The second kappa shape index (κ2) is 5.50. The second-order valence-electron chi connectivity index (χ2n) is 3.91. The molecular formula is C13H14ClFN2O. The van der Waals surface area contributed by atoms with Gasteiger partial charge in [0, 0.05) is 30.8 Å². The molecule has 5 heteroatoms. The van der Waals surface area contributed by atoms with Crippen molar-refractivity contribution in [2.24, 2.45) is 0 Å². The van der Waals surface area contributed by atoms with Crippen LogP contribution in [0.1, 0.15) is 12.6 Å². The summed E-state index contributed by atoms with van der Waals surface area (Å²) in [5.41, 5.74) is 2.21. The topological polar surface area (TPSA) is 34.1 Å². The van der Waals surface area contributed by atoms with E-state index in [0.717, 1.165) is 23.3 Å². The number of hydrogen-bond donors (Lipinski definition) is 1. The molecule has 0 spiro atoms. The van der Waals surface area contributed by atoms with Gasteiger partial charge >= 0.3 is 0 Å². The Morgan fingerprint density at radius 2 is 2.17 bits per heavy atom. The van der Waals surface area contributed by atoms with Crippen LogP contribution in [-0.2, 0) is 11.3 Å². The van der Waals surface area contributed by atoms with E-state index in [-0.39, 0.29) is 5.02 Å². The summed E-state index contributed by atoms with van der Waals surface area (Å²) in [6, 6.07) is 4.83. The van der Waals surface area contributed by atoms with Crippen molar-refractivity contribution in [3.05, 3.63) is 34.7 Å². The highest BCUT2D eigenvalue weighted by atomic mass is 35.5. The summed E-state index contributed by atoms with van der Waals surface area (Å²) >= 11 is 5.81. The Hall–Kier alpha value is -1.39. The Balaban J connectivity index is 2.64. The van der Waals surface area contributed by atoms with Crippen molar-refractivity contribution >= 4 is 28.2 Å². The predicted molar refractivity (Wildman–Crippen MR) is 71.6 cm³/mol. The third kappa shape index (κ3) is 2.54. The highest BCUT2D eigenvalue weighted by molar-refractivity contribution is 6.31. The fourth-order valence-electron chi connectivity index (χ4n) is 1.83. The first-order valence-corrected chi connectivity index (χ1v) is 6.05. The molecule has 0 aliphatic heterocycles. The lowest BCUT2D eigenvalue weighted by atomic mass is 10.1. The highest BCUT2D eigenvalue weighted by Crippen LogP contribution is 2.28. The fraction of sp³-hybridized carbons (Fsp3) is 0.308. The molecule has 2 rings (SSSR count). The maximum Gasteiger partial charge on any atom is 0.143 e. The van der Waals surface area contributed by atoms with Gasteiger partial charge < -0.3 is 10.1 Å². The van der Waals surface area contributed by atoms with Gasteiger partial charge in [0.25, 0.3) is 0 Å². The second-order valence-corrected chi connectivity index (χ2v) is 4.32. The number of halogens is 2. The molecule has 2 aromatic rings. The van der Waals surface area contributed by atoms with Gasteiger partial charge in [0.05, 0.1) is 22.8 Å². The molecule has 0 atom stereocenters. The predicted octanol–water partition coefficient (Wildman–Crippen LogP) is 3.61. The summed E-state index contributed by atoms with van der Waals surface area (Å²) in [5.74, 6) is -0.464. The van der Waals surface area contributed by atoms with Gasteiger partial charge in [-0.15, -0.1) is 0 Å². The van der Waals surface area contributed by atoms with Crippen molar-refractivity contribution in [1.82, 2.24) is 4.98 Å². The van der Waals surface area contributed by atoms with Crippen LogP contribution in [0.3, 0.4) is 0 Å². The number of methoxy groups -OCH3 is 1. The molecule has 1 heterocycles. The molecule has 0 saturated heterocycles. The van der Waals surface area contributed by atoms with Crippen LogP contribution in [0, 0.1) is 5.82 Å². The van der Waals surface area contributed by atoms with Gasteiger partial charge in [-0.3, -0.25) is 4.98 Å². The number of fused-ring (bicyclic) bond motifs is 1. The van der Waals surface area contributed by atoms with E-state index in [2.05, 4.69) is 10.3 Å². The molecule has 3 nitrogen and oxygen atoms in total. The monoisotopic (exact) mass is 268 g/mol. The van der Waals surface area contributed by atoms with E-state index in [0.29, 0.717) is 12.1 Å². The minimum absolute atomic E-state index is 0.0999. The number of aromatic nitrogens is 1. The van der Waals surface area contributed by atoms with Gasteiger partial charge in [0.15, 0.2) is 0 Å². The van der Waals surface area contributed by atoms with Gasteiger partial charge in [0.2, 0.25) is 0 Å². The third-order valence-corrected chi connectivity index (χ3v) is 2.85. The molecule has 1 aromatic heterocycles. The molecule has 0 aliphatic rings. The number of hydrogen-bond acceptors (Lipinski definition) is 3. The zero-order valence-corrected chi connectivity index (χ0v) is 11.0. The summed E-state index contributed by atoms with van der Waals surface area (Å²) in [6.45, 7) is 3.15. The first kappa shape index (κ1) is 13.1. The Labute approximate surface area is 110 Å². The molecule has 96 valence electrons. The fourth-order valence-corrected chi connectivity index (χ4v) is 2.00. The van der Waals surface area contributed by atoms with E-state index in [4.69, 9.17) is 16.3 Å². The number of rotatable bonds is 4. The van der Waals surface area contributed by atoms with Crippen LogP contribution in [0.2, 0.25) is 5.02 Å². The molecule has 0 amide bonds. The molecule has 1 aromatic carbocycles. The van der Waals surface area contributed by atoms with Crippen molar-refractivity contribution in [2.45, 2.75) is 13.5 Å². The molecule has 0 radical (unpaired) electrons. The molecule has 0 fully saturated rings. The Kier molecular flexibility index (Phi) is 3.99. The normalized spacial score (nSPS) is 10.9. The molecule has 1 N–H and O–H groups in total. The lowest BCUT2D eigenvalue weighted by Crippen LogP contribution is -2.01. The average molecular weight is 269 g/mol. The Bertz CT molecular complexity index is 574. The third-order valence-electron chi connectivity index (χ3n) is 2.56. The van der Waals surface area contributed by atoms with Gasteiger partial charge in [-0.2, -0.15) is 0 Å². The molecule has 0 bridgehead atoms. The van der Waals surface area contributed by atoms with Gasteiger partial charge in [-0.25, -0.2) is 4.39 Å².